The molecule has 1 aromatic rings. The molecular formula is C35H54N8O16. The molecule has 0 saturated carbocycles. The minimum absolute atomic E-state index is 0.00921. The molecule has 1 aliphatic heterocycles. The molecule has 2 atom stereocenters. The Hall–Kier alpha value is -5.88. The Morgan fingerprint density at radius 3 is 1.66 bits per heavy atom. The number of carboxylic acids is 6. The van der Waals surface area contributed by atoms with E-state index in [9.17, 15) is 73.5 Å². The monoisotopic (exact) mass is 842 g/mol. The summed E-state index contributed by atoms with van der Waals surface area (Å²) in [6, 6.07) is -4.06. The molecule has 1 saturated heterocycles. The second kappa shape index (κ2) is 24.1. The summed E-state index contributed by atoms with van der Waals surface area (Å²) in [5.41, 5.74) is -2.45. The van der Waals surface area contributed by atoms with Crippen LogP contribution in [0.5, 0.6) is 0 Å². The highest BCUT2D eigenvalue weighted by atomic mass is 16.4. The molecule has 2 rings (SSSR count). The topological polar surface area (TPSA) is 362 Å². The van der Waals surface area contributed by atoms with Gasteiger partial charge < -0.3 is 57.2 Å². The summed E-state index contributed by atoms with van der Waals surface area (Å²) in [7, 11) is 1.59. The molecule has 330 valence electrons. The van der Waals surface area contributed by atoms with Crippen LogP contribution in [0.1, 0.15) is 57.8 Å². The minimum atomic E-state index is -1.55. The third kappa shape index (κ3) is 17.3. The van der Waals surface area contributed by atoms with Crippen LogP contribution in [0.3, 0.4) is 0 Å². The van der Waals surface area contributed by atoms with Gasteiger partial charge in [0.05, 0.1) is 19.6 Å². The number of aliphatic carboxylic acids is 6. The molecule has 0 aliphatic carbocycles. The van der Waals surface area contributed by atoms with Gasteiger partial charge in [-0.2, -0.15) is 0 Å². The summed E-state index contributed by atoms with van der Waals surface area (Å²) in [4.78, 5) is 122. The molecule has 0 spiro atoms. The number of unbranched alkanes of at least 4 members (excludes halogenated alkanes) is 2. The van der Waals surface area contributed by atoms with Gasteiger partial charge in [-0.15, -0.1) is 0 Å². The first kappa shape index (κ1) is 49.3. The summed E-state index contributed by atoms with van der Waals surface area (Å²) in [6.45, 7) is 0.194. The van der Waals surface area contributed by atoms with E-state index in [1.807, 2.05) is 5.32 Å². The van der Waals surface area contributed by atoms with Crippen LogP contribution in [0.15, 0.2) is 9.59 Å². The number of likely N-dealkylation sites (N-methyl/N-ethyl adjacent to an activating group) is 1. The van der Waals surface area contributed by atoms with E-state index in [0.29, 0.717) is 25.7 Å². The van der Waals surface area contributed by atoms with E-state index < -0.39 is 83.2 Å². The molecule has 2 unspecified atom stereocenters. The number of carbonyl (C=O) groups excluding carboxylic acids is 2. The molecule has 0 bridgehead atoms. The number of amides is 3. The summed E-state index contributed by atoms with van der Waals surface area (Å²) in [5, 5.41) is 68.3. The molecule has 59 heavy (non-hydrogen) atoms. The van der Waals surface area contributed by atoms with Crippen LogP contribution >= 0.6 is 0 Å². The van der Waals surface area contributed by atoms with Gasteiger partial charge in [0, 0.05) is 64.2 Å². The highest BCUT2D eigenvalue weighted by molar-refractivity contribution is 5.86. The number of nitrogens with zero attached hydrogens (tertiary/aromatic N) is 3. The molecular weight excluding hydrogens is 788 g/mol. The van der Waals surface area contributed by atoms with Gasteiger partial charge in [-0.05, 0) is 45.6 Å². The molecule has 24 heteroatoms. The second-order valence-corrected chi connectivity index (χ2v) is 14.3. The van der Waals surface area contributed by atoms with E-state index >= 15 is 0 Å². The van der Waals surface area contributed by atoms with E-state index in [0.717, 1.165) is 0 Å². The normalized spacial score (nSPS) is 15.4. The largest absolute Gasteiger partial charge is 0.481 e. The SMILES string of the molecule is CN(CC(=O)O)C1(CCCCC(=O)NCCNc2c(NCCCCC(NC(=O)NC(CCC(=O)O)C(=O)O)C(=O)O)c(=O)c2=O)CN(CC(=O)O)CCN(CC(=O)O)C1. The van der Waals surface area contributed by atoms with E-state index in [2.05, 4.69) is 21.3 Å². The van der Waals surface area contributed by atoms with E-state index in [4.69, 9.17) is 5.11 Å². The molecule has 1 fully saturated rings. The van der Waals surface area contributed by atoms with Crippen LogP contribution in [0.25, 0.3) is 0 Å². The zero-order chi connectivity index (χ0) is 44.3. The lowest BCUT2D eigenvalue weighted by Gasteiger charge is -2.44. The number of carboxylic acid groups (broad SMARTS) is 6. The first-order valence-corrected chi connectivity index (χ1v) is 18.9. The molecule has 1 heterocycles. The van der Waals surface area contributed by atoms with Crippen molar-refractivity contribution in [2.24, 2.45) is 0 Å². The highest BCUT2D eigenvalue weighted by Gasteiger charge is 2.41. The van der Waals surface area contributed by atoms with Crippen molar-refractivity contribution in [1.82, 2.24) is 30.7 Å². The molecule has 0 aromatic heterocycles. The van der Waals surface area contributed by atoms with Crippen LogP contribution < -0.4 is 37.4 Å². The highest BCUT2D eigenvalue weighted by Crippen LogP contribution is 2.27. The Morgan fingerprint density at radius 1 is 0.644 bits per heavy atom. The van der Waals surface area contributed by atoms with E-state index in [1.165, 1.54) is 0 Å². The van der Waals surface area contributed by atoms with Gasteiger partial charge in [0.1, 0.15) is 23.5 Å². The van der Waals surface area contributed by atoms with Crippen molar-refractivity contribution in [3.8, 4) is 0 Å². The number of hydrogen-bond acceptors (Lipinski definition) is 15. The zero-order valence-corrected chi connectivity index (χ0v) is 32.7. The number of urea groups is 1. The fraction of sp³-hybridized carbons (Fsp3) is 0.657. The van der Waals surface area contributed by atoms with Gasteiger partial charge in [0.2, 0.25) is 5.91 Å². The van der Waals surface area contributed by atoms with Crippen LogP contribution in [0.4, 0.5) is 16.2 Å². The fourth-order valence-corrected chi connectivity index (χ4v) is 6.71. The number of nitrogens with one attached hydrogen (secondary N) is 5. The van der Waals surface area contributed by atoms with Gasteiger partial charge >= 0.3 is 41.8 Å². The Labute approximate surface area is 337 Å². The van der Waals surface area contributed by atoms with E-state index in [1.54, 1.807) is 21.7 Å². The fourth-order valence-electron chi connectivity index (χ4n) is 6.71. The van der Waals surface area contributed by atoms with Crippen molar-refractivity contribution in [3.63, 3.8) is 0 Å². The first-order valence-electron chi connectivity index (χ1n) is 18.9. The van der Waals surface area contributed by atoms with Crippen LogP contribution in [-0.4, -0.2) is 183 Å². The van der Waals surface area contributed by atoms with Crippen LogP contribution in [0.2, 0.25) is 0 Å². The summed E-state index contributed by atoms with van der Waals surface area (Å²) in [6.07, 6.45) is 0.742. The molecule has 0 radical (unpaired) electrons. The smallest absolute Gasteiger partial charge is 0.326 e. The predicted octanol–water partition coefficient (Wildman–Crippen LogP) is -2.43. The maximum Gasteiger partial charge on any atom is 0.326 e. The molecule has 24 nitrogen and oxygen atoms in total. The lowest BCUT2D eigenvalue weighted by atomic mass is 9.88. The summed E-state index contributed by atoms with van der Waals surface area (Å²) in [5.74, 6) is -7.76. The van der Waals surface area contributed by atoms with Crippen molar-refractivity contribution in [1.29, 1.82) is 0 Å². The Kier molecular flexibility index (Phi) is 20.2. The quantitative estimate of drug-likeness (QED) is 0.0295. The molecule has 1 aliphatic rings. The van der Waals surface area contributed by atoms with Crippen molar-refractivity contribution in [2.75, 3.05) is 83.1 Å². The van der Waals surface area contributed by atoms with Gasteiger partial charge in [0.25, 0.3) is 10.9 Å². The van der Waals surface area contributed by atoms with Crippen molar-refractivity contribution in [2.45, 2.75) is 75.4 Å². The number of rotatable bonds is 29. The van der Waals surface area contributed by atoms with Crippen LogP contribution in [0, 0.1) is 0 Å². The maximum atomic E-state index is 12.6. The van der Waals surface area contributed by atoms with Gasteiger partial charge in [-0.3, -0.25) is 48.3 Å². The van der Waals surface area contributed by atoms with Crippen molar-refractivity contribution < 1.29 is 69.0 Å². The lowest BCUT2D eigenvalue weighted by Crippen LogP contribution is -2.59. The summed E-state index contributed by atoms with van der Waals surface area (Å²) >= 11 is 0. The third-order valence-electron chi connectivity index (χ3n) is 9.70. The average Bonchev–Trinajstić information content (AvgIpc) is 3.30. The van der Waals surface area contributed by atoms with Gasteiger partial charge in [-0.25, -0.2) is 14.4 Å². The standard InChI is InChI=1S/C35H54N8O16/c1-41(16-25(47)48)35(19-42(17-26(49)50)14-15-43(20-35)18-27(51)52)10-4-2-7-23(44)36-12-13-38-29-28(30(53)31(29)54)37-11-5-3-6-21(32(55)56)39-34(59)40-22(33(57)58)8-9-24(45)46/h21-22,37-38H,2-20H2,1H3,(H,36,44)(H,45,46)(H,47,48)(H,49,50)(H,51,52)(H,55,56)(H,57,58)(H2,39,40,59). The average molecular weight is 843 g/mol. The zero-order valence-electron chi connectivity index (χ0n) is 32.7. The first-order chi connectivity index (χ1) is 27.7. The number of anilines is 2. The van der Waals surface area contributed by atoms with Gasteiger partial charge in [0.15, 0.2) is 0 Å². The minimum Gasteiger partial charge on any atom is -0.481 e. The van der Waals surface area contributed by atoms with Crippen molar-refractivity contribution in [3.05, 3.63) is 20.4 Å². The lowest BCUT2D eigenvalue weighted by molar-refractivity contribution is -0.142. The Balaban J connectivity index is 1.82. The van der Waals surface area contributed by atoms with Crippen molar-refractivity contribution >= 4 is 59.1 Å². The molecule has 3 amide bonds. The Bertz CT molecular complexity index is 1700. The third-order valence-corrected chi connectivity index (χ3v) is 9.70. The summed E-state index contributed by atoms with van der Waals surface area (Å²) < 4.78 is 0. The number of hydrogen-bond donors (Lipinski definition) is 11. The maximum absolute atomic E-state index is 12.6. The predicted molar refractivity (Wildman–Crippen MR) is 206 cm³/mol. The molecule has 11 N–H and O–H groups in total. The Morgan fingerprint density at radius 2 is 1.17 bits per heavy atom. The second-order valence-electron chi connectivity index (χ2n) is 14.3. The van der Waals surface area contributed by atoms with Crippen LogP contribution in [-0.2, 0) is 33.6 Å². The number of carbonyl (C=O) groups is 8. The molecule has 1 aromatic carbocycles. The van der Waals surface area contributed by atoms with Gasteiger partial charge in [-0.1, -0.05) is 6.42 Å². The van der Waals surface area contributed by atoms with E-state index in [-0.39, 0.29) is 102 Å².